The summed E-state index contributed by atoms with van der Waals surface area (Å²) in [5, 5.41) is 3.99. The molecule has 2 nitrogen and oxygen atoms in total. The summed E-state index contributed by atoms with van der Waals surface area (Å²) < 4.78 is 2.72. The smallest absolute Gasteiger partial charge is 0.0593 e. The number of benzene rings is 4. The average Bonchev–Trinajstić information content (AvgIpc) is 3.56. The lowest BCUT2D eigenvalue weighted by molar-refractivity contribution is 0.286. The van der Waals surface area contributed by atoms with Crippen molar-refractivity contribution in [1.82, 2.24) is 4.57 Å². The SMILES string of the molecule is CC1(C)c2cccc3c4c(n(c23)C2C=CC=CC21)CCC(N(c1ccc2c(c1)C(C)(C)C1CCC=CC21)c1cccc2ccccc12)=C4. The first-order chi connectivity index (χ1) is 23.3. The van der Waals surface area contributed by atoms with Crippen LogP contribution in [-0.4, -0.2) is 4.57 Å². The molecule has 4 aromatic carbocycles. The van der Waals surface area contributed by atoms with Crippen molar-refractivity contribution in [2.24, 2.45) is 11.8 Å². The van der Waals surface area contributed by atoms with Crippen LogP contribution in [0.4, 0.5) is 11.4 Å². The van der Waals surface area contributed by atoms with Crippen molar-refractivity contribution in [1.29, 1.82) is 0 Å². The summed E-state index contributed by atoms with van der Waals surface area (Å²) in [5.74, 6) is 1.65. The highest BCUT2D eigenvalue weighted by Gasteiger charge is 2.46. The van der Waals surface area contributed by atoms with Gasteiger partial charge in [-0.15, -0.1) is 0 Å². The van der Waals surface area contributed by atoms with Gasteiger partial charge < -0.3 is 9.47 Å². The Kier molecular flexibility index (Phi) is 5.92. The van der Waals surface area contributed by atoms with Gasteiger partial charge >= 0.3 is 0 Å². The molecule has 0 fully saturated rings. The van der Waals surface area contributed by atoms with Gasteiger partial charge in [0.1, 0.15) is 0 Å². The van der Waals surface area contributed by atoms with Gasteiger partial charge in [-0.25, -0.2) is 0 Å². The molecular weight excluding hydrogens is 581 g/mol. The average molecular weight is 625 g/mol. The number of nitrogens with zero attached hydrogens (tertiary/aromatic N) is 2. The third kappa shape index (κ3) is 3.75. The van der Waals surface area contributed by atoms with E-state index in [0.717, 1.165) is 12.8 Å². The summed E-state index contributed by atoms with van der Waals surface area (Å²) >= 11 is 0. The second-order valence-electron chi connectivity index (χ2n) is 16.0. The molecule has 5 aromatic rings. The minimum Gasteiger partial charge on any atom is -0.336 e. The van der Waals surface area contributed by atoms with Gasteiger partial charge in [0.05, 0.1) is 17.2 Å². The van der Waals surface area contributed by atoms with Crippen molar-refractivity contribution in [3.8, 4) is 0 Å². The Labute approximate surface area is 284 Å². The molecule has 0 radical (unpaired) electrons. The normalized spacial score (nSPS) is 25.4. The van der Waals surface area contributed by atoms with E-state index in [-0.39, 0.29) is 10.8 Å². The van der Waals surface area contributed by atoms with Crippen molar-refractivity contribution in [3.05, 3.63) is 149 Å². The minimum atomic E-state index is 0.0630. The van der Waals surface area contributed by atoms with Crippen LogP contribution in [0.2, 0.25) is 0 Å². The number of fused-ring (bicyclic) bond motifs is 9. The van der Waals surface area contributed by atoms with Crippen molar-refractivity contribution < 1.29 is 0 Å². The number of hydrogen-bond acceptors (Lipinski definition) is 1. The summed E-state index contributed by atoms with van der Waals surface area (Å²) in [4.78, 5) is 2.61. The standard InChI is InChI=1S/C46H44N2/c1-45(2)37-18-8-7-16-33(37)34-25-23-31(28-40(34)45)47(41-22-11-14-29-13-5-6-15-32(29)41)30-24-26-42-36(27-30)35-17-12-20-39-44(35)48(42)43-21-10-9-19-38(43)46(39,3)4/h5-7,9-17,19-23,25,27-28,33,37-38,43H,8,18,24,26H2,1-4H3. The first-order valence-corrected chi connectivity index (χ1v) is 18.1. The number of aromatic nitrogens is 1. The first-order valence-electron chi connectivity index (χ1n) is 18.1. The monoisotopic (exact) mass is 624 g/mol. The zero-order chi connectivity index (χ0) is 32.4. The summed E-state index contributed by atoms with van der Waals surface area (Å²) in [6.45, 7) is 9.88. The highest BCUT2D eigenvalue weighted by Crippen LogP contribution is 2.56. The van der Waals surface area contributed by atoms with E-state index in [4.69, 9.17) is 0 Å². The molecular formula is C46H44N2. The molecule has 0 amide bonds. The zero-order valence-electron chi connectivity index (χ0n) is 28.6. The fourth-order valence-corrected chi connectivity index (χ4v) is 10.6. The van der Waals surface area contributed by atoms with E-state index >= 15 is 0 Å². The van der Waals surface area contributed by atoms with E-state index < -0.39 is 0 Å². The number of hydrogen-bond donors (Lipinski definition) is 0. The van der Waals surface area contributed by atoms with Crippen molar-refractivity contribution in [2.45, 2.75) is 76.2 Å². The van der Waals surface area contributed by atoms with E-state index in [9.17, 15) is 0 Å². The van der Waals surface area contributed by atoms with Crippen LogP contribution in [0.15, 0.2) is 121 Å². The summed E-state index contributed by atoms with van der Waals surface area (Å²) in [6.07, 6.45) is 21.4. The van der Waals surface area contributed by atoms with Crippen LogP contribution < -0.4 is 4.90 Å². The van der Waals surface area contributed by atoms with Crippen LogP contribution in [-0.2, 0) is 17.3 Å². The van der Waals surface area contributed by atoms with E-state index in [1.165, 1.54) is 79.5 Å². The molecule has 1 aliphatic heterocycles. The van der Waals surface area contributed by atoms with Crippen LogP contribution in [0.25, 0.3) is 27.8 Å². The van der Waals surface area contributed by atoms with Gasteiger partial charge in [0.15, 0.2) is 0 Å². The Morgan fingerprint density at radius 2 is 1.56 bits per heavy atom. The molecule has 4 aliphatic carbocycles. The van der Waals surface area contributed by atoms with E-state index in [1.54, 1.807) is 0 Å². The zero-order valence-corrected chi connectivity index (χ0v) is 28.6. The summed E-state index contributed by atoms with van der Waals surface area (Å²) in [6, 6.07) is 30.6. The minimum absolute atomic E-state index is 0.0630. The topological polar surface area (TPSA) is 8.17 Å². The van der Waals surface area contributed by atoms with Crippen molar-refractivity contribution in [3.63, 3.8) is 0 Å². The molecule has 238 valence electrons. The lowest BCUT2D eigenvalue weighted by Gasteiger charge is -2.44. The van der Waals surface area contributed by atoms with E-state index in [0.29, 0.717) is 23.8 Å². The van der Waals surface area contributed by atoms with Gasteiger partial charge in [-0.1, -0.05) is 125 Å². The molecule has 5 aliphatic rings. The van der Waals surface area contributed by atoms with Gasteiger partial charge in [-0.2, -0.15) is 0 Å². The number of para-hydroxylation sites is 1. The van der Waals surface area contributed by atoms with Gasteiger partial charge in [0, 0.05) is 50.7 Å². The van der Waals surface area contributed by atoms with Gasteiger partial charge in [0.2, 0.25) is 0 Å². The van der Waals surface area contributed by atoms with Gasteiger partial charge in [-0.3, -0.25) is 0 Å². The number of allylic oxidation sites excluding steroid dienone is 7. The largest absolute Gasteiger partial charge is 0.336 e. The van der Waals surface area contributed by atoms with Crippen molar-refractivity contribution >= 4 is 39.1 Å². The van der Waals surface area contributed by atoms with Gasteiger partial charge in [-0.05, 0) is 83.4 Å². The second kappa shape index (κ2) is 9.98. The highest BCUT2D eigenvalue weighted by molar-refractivity contribution is 6.00. The lowest BCUT2D eigenvalue weighted by atomic mass is 9.66. The fourth-order valence-electron chi connectivity index (χ4n) is 10.6. The highest BCUT2D eigenvalue weighted by atomic mass is 15.2. The summed E-state index contributed by atoms with van der Waals surface area (Å²) in [5.41, 5.74) is 13.0. The van der Waals surface area contributed by atoms with Crippen LogP contribution >= 0.6 is 0 Å². The molecule has 0 spiro atoms. The molecule has 0 bridgehead atoms. The van der Waals surface area contributed by atoms with E-state index in [1.807, 2.05) is 0 Å². The van der Waals surface area contributed by atoms with Crippen LogP contribution in [0.5, 0.6) is 0 Å². The maximum absolute atomic E-state index is 2.72. The number of rotatable bonds is 3. The molecule has 1 aromatic heterocycles. The van der Waals surface area contributed by atoms with Crippen LogP contribution in [0.3, 0.4) is 0 Å². The molecule has 0 N–H and O–H groups in total. The maximum Gasteiger partial charge on any atom is 0.0593 e. The Morgan fingerprint density at radius 3 is 2.48 bits per heavy atom. The molecule has 2 heteroatoms. The van der Waals surface area contributed by atoms with Gasteiger partial charge in [0.25, 0.3) is 0 Å². The van der Waals surface area contributed by atoms with E-state index in [2.05, 4.69) is 159 Å². The first kappa shape index (κ1) is 28.5. The summed E-state index contributed by atoms with van der Waals surface area (Å²) in [7, 11) is 0. The Hall–Kier alpha value is -4.56. The predicted molar refractivity (Wildman–Crippen MR) is 202 cm³/mol. The fraction of sp³-hybridized carbons (Fsp3) is 0.304. The quantitative estimate of drug-likeness (QED) is 0.181. The molecule has 4 atom stereocenters. The maximum atomic E-state index is 2.72. The molecule has 2 heterocycles. The number of anilines is 2. The Balaban J connectivity index is 1.20. The second-order valence-corrected chi connectivity index (χ2v) is 16.0. The van der Waals surface area contributed by atoms with Crippen molar-refractivity contribution in [2.75, 3.05) is 4.90 Å². The Bertz CT molecular complexity index is 2280. The predicted octanol–water partition coefficient (Wildman–Crippen LogP) is 11.8. The molecule has 0 saturated heterocycles. The molecule has 10 rings (SSSR count). The Morgan fingerprint density at radius 1 is 0.750 bits per heavy atom. The third-order valence-corrected chi connectivity index (χ3v) is 13.0. The lowest BCUT2D eigenvalue weighted by Crippen LogP contribution is -2.39. The van der Waals surface area contributed by atoms with Crippen LogP contribution in [0, 0.1) is 11.8 Å². The molecule has 0 saturated carbocycles. The van der Waals surface area contributed by atoms with Crippen LogP contribution in [0.1, 0.15) is 86.9 Å². The molecule has 48 heavy (non-hydrogen) atoms. The molecule has 4 unspecified atom stereocenters. The third-order valence-electron chi connectivity index (χ3n) is 13.0.